The molecule has 0 saturated heterocycles. The first-order chi connectivity index (χ1) is 14.1. The van der Waals surface area contributed by atoms with Gasteiger partial charge in [0.05, 0.1) is 12.7 Å². The van der Waals surface area contributed by atoms with Crippen LogP contribution < -0.4 is 0 Å². The lowest BCUT2D eigenvalue weighted by Gasteiger charge is -2.18. The summed E-state index contributed by atoms with van der Waals surface area (Å²) in [4.78, 5) is 10.7. The van der Waals surface area contributed by atoms with Crippen LogP contribution in [0.5, 0.6) is 0 Å². The van der Waals surface area contributed by atoms with Gasteiger partial charge in [0.15, 0.2) is 6.10 Å². The molecule has 0 aliphatic heterocycles. The molecule has 166 valence electrons. The average Bonchev–Trinajstić information content (AvgIpc) is 2.73. The van der Waals surface area contributed by atoms with Gasteiger partial charge in [-0.1, -0.05) is 108 Å². The van der Waals surface area contributed by atoms with Crippen LogP contribution >= 0.6 is 0 Å². The molecule has 1 rings (SSSR count). The predicted octanol–water partition coefficient (Wildman–Crippen LogP) is 6.50. The Morgan fingerprint density at radius 3 is 1.93 bits per heavy atom. The summed E-state index contributed by atoms with van der Waals surface area (Å²) in [5, 5.41) is 18.2. The molecule has 2 N–H and O–H groups in total. The van der Waals surface area contributed by atoms with Gasteiger partial charge in [-0.2, -0.15) is 0 Å². The Balaban J connectivity index is 2.24. The van der Waals surface area contributed by atoms with Crippen molar-refractivity contribution in [3.05, 3.63) is 35.9 Å². The highest BCUT2D eigenvalue weighted by Crippen LogP contribution is 2.18. The van der Waals surface area contributed by atoms with E-state index in [9.17, 15) is 9.90 Å². The predicted molar refractivity (Wildman–Crippen MR) is 119 cm³/mol. The molecule has 2 atom stereocenters. The number of aliphatic hydroxyl groups is 1. The van der Waals surface area contributed by atoms with Gasteiger partial charge >= 0.3 is 5.97 Å². The molecular weight excluding hydrogens is 364 g/mol. The van der Waals surface area contributed by atoms with Gasteiger partial charge in [0, 0.05) is 0 Å². The van der Waals surface area contributed by atoms with E-state index in [1.165, 1.54) is 63.4 Å². The summed E-state index contributed by atoms with van der Waals surface area (Å²) in [6, 6.07) is 10.2. The number of hydrogen-bond acceptors (Lipinski definition) is 3. The van der Waals surface area contributed by atoms with E-state index in [4.69, 9.17) is 9.84 Å². The first-order valence-electron chi connectivity index (χ1n) is 11.7. The van der Waals surface area contributed by atoms with E-state index in [0.29, 0.717) is 13.0 Å². The molecule has 0 fully saturated rings. The van der Waals surface area contributed by atoms with Gasteiger partial charge in [0.25, 0.3) is 0 Å². The number of carbonyl (C=O) groups is 1. The molecule has 0 amide bonds. The van der Waals surface area contributed by atoms with Crippen molar-refractivity contribution in [3.8, 4) is 0 Å². The zero-order chi connectivity index (χ0) is 21.2. The monoisotopic (exact) mass is 406 g/mol. The third-order valence-corrected chi connectivity index (χ3v) is 5.50. The zero-order valence-corrected chi connectivity index (χ0v) is 18.4. The second kappa shape index (κ2) is 17.5. The van der Waals surface area contributed by atoms with Gasteiger partial charge < -0.3 is 14.9 Å². The van der Waals surface area contributed by atoms with Crippen LogP contribution in [0.2, 0.25) is 0 Å². The Kier molecular flexibility index (Phi) is 15.4. The van der Waals surface area contributed by atoms with Crippen LogP contribution in [-0.2, 0) is 16.1 Å². The number of ether oxygens (including phenoxy) is 1. The molecule has 0 bridgehead atoms. The van der Waals surface area contributed by atoms with Crippen molar-refractivity contribution in [1.29, 1.82) is 0 Å². The largest absolute Gasteiger partial charge is 0.479 e. The Morgan fingerprint density at radius 2 is 1.34 bits per heavy atom. The summed E-state index contributed by atoms with van der Waals surface area (Å²) in [6.07, 6.45) is 14.8. The Morgan fingerprint density at radius 1 is 0.828 bits per heavy atom. The Hall–Kier alpha value is -1.39. The second-order valence-corrected chi connectivity index (χ2v) is 8.17. The maximum absolute atomic E-state index is 10.7. The number of carboxylic acids is 1. The van der Waals surface area contributed by atoms with Crippen molar-refractivity contribution in [3.63, 3.8) is 0 Å². The van der Waals surface area contributed by atoms with Crippen LogP contribution in [0.1, 0.15) is 102 Å². The lowest BCUT2D eigenvalue weighted by molar-refractivity contribution is -0.146. The standard InChI is InChI=1S/C25H42O4/c1-2-3-4-5-6-7-8-9-13-18-23(19-14-15-20-24(26)25(27)28)29-21-22-16-11-10-12-17-22/h10-12,16-17,23-24,26H,2-9,13-15,18-21H2,1H3,(H,27,28). The number of unbranched alkanes of at least 4 members (excludes halogenated alkanes) is 9. The first-order valence-corrected chi connectivity index (χ1v) is 11.7. The minimum absolute atomic E-state index is 0.210. The minimum Gasteiger partial charge on any atom is -0.479 e. The zero-order valence-electron chi connectivity index (χ0n) is 18.4. The number of aliphatic hydroxyl groups excluding tert-OH is 1. The molecular formula is C25H42O4. The minimum atomic E-state index is -1.24. The van der Waals surface area contributed by atoms with Gasteiger partial charge in [0.2, 0.25) is 0 Å². The van der Waals surface area contributed by atoms with Crippen LogP contribution in [0, 0.1) is 0 Å². The number of aliphatic carboxylic acids is 1. The topological polar surface area (TPSA) is 66.8 Å². The maximum Gasteiger partial charge on any atom is 0.332 e. The quantitative estimate of drug-likeness (QED) is 0.257. The SMILES string of the molecule is CCCCCCCCCCCC(CCCCC(O)C(=O)O)OCc1ccccc1. The number of carboxylic acid groups (broad SMARTS) is 1. The third kappa shape index (κ3) is 14.3. The van der Waals surface area contributed by atoms with E-state index in [0.717, 1.165) is 25.7 Å². The summed E-state index contributed by atoms with van der Waals surface area (Å²) in [5.74, 6) is -1.13. The lowest BCUT2D eigenvalue weighted by atomic mass is 10.0. The number of hydrogen-bond donors (Lipinski definition) is 2. The van der Waals surface area contributed by atoms with Crippen LogP contribution in [-0.4, -0.2) is 28.4 Å². The van der Waals surface area contributed by atoms with Crippen molar-refractivity contribution in [1.82, 2.24) is 0 Å². The fourth-order valence-corrected chi connectivity index (χ4v) is 3.62. The molecule has 0 aliphatic carbocycles. The van der Waals surface area contributed by atoms with E-state index in [-0.39, 0.29) is 6.10 Å². The molecule has 1 aromatic carbocycles. The van der Waals surface area contributed by atoms with Crippen molar-refractivity contribution in [2.45, 2.75) is 116 Å². The van der Waals surface area contributed by atoms with E-state index < -0.39 is 12.1 Å². The molecule has 0 radical (unpaired) electrons. The smallest absolute Gasteiger partial charge is 0.332 e. The van der Waals surface area contributed by atoms with Gasteiger partial charge in [-0.25, -0.2) is 4.79 Å². The molecule has 2 unspecified atom stereocenters. The highest BCUT2D eigenvalue weighted by molar-refractivity contribution is 5.71. The highest BCUT2D eigenvalue weighted by atomic mass is 16.5. The van der Waals surface area contributed by atoms with Gasteiger partial charge in [0.1, 0.15) is 0 Å². The highest BCUT2D eigenvalue weighted by Gasteiger charge is 2.14. The lowest BCUT2D eigenvalue weighted by Crippen LogP contribution is -2.19. The molecule has 0 heterocycles. The van der Waals surface area contributed by atoms with E-state index in [1.54, 1.807) is 0 Å². The fraction of sp³-hybridized carbons (Fsp3) is 0.720. The molecule has 1 aromatic rings. The summed E-state index contributed by atoms with van der Waals surface area (Å²) in [7, 11) is 0. The fourth-order valence-electron chi connectivity index (χ4n) is 3.62. The molecule has 0 aromatic heterocycles. The van der Waals surface area contributed by atoms with Gasteiger partial charge in [-0.3, -0.25) is 0 Å². The van der Waals surface area contributed by atoms with Gasteiger partial charge in [-0.05, 0) is 24.8 Å². The molecule has 29 heavy (non-hydrogen) atoms. The summed E-state index contributed by atoms with van der Waals surface area (Å²) in [6.45, 7) is 2.88. The molecule has 0 aliphatic rings. The Labute approximate surface area is 177 Å². The van der Waals surface area contributed by atoms with Crippen LogP contribution in [0.25, 0.3) is 0 Å². The Bertz CT molecular complexity index is 503. The van der Waals surface area contributed by atoms with Crippen molar-refractivity contribution >= 4 is 5.97 Å². The molecule has 0 saturated carbocycles. The van der Waals surface area contributed by atoms with Crippen LogP contribution in [0.3, 0.4) is 0 Å². The van der Waals surface area contributed by atoms with Crippen molar-refractivity contribution < 1.29 is 19.7 Å². The maximum atomic E-state index is 10.7. The van der Waals surface area contributed by atoms with E-state index >= 15 is 0 Å². The van der Waals surface area contributed by atoms with Crippen LogP contribution in [0.4, 0.5) is 0 Å². The number of benzene rings is 1. The first kappa shape index (κ1) is 25.6. The summed E-state index contributed by atoms with van der Waals surface area (Å²) >= 11 is 0. The summed E-state index contributed by atoms with van der Waals surface area (Å²) < 4.78 is 6.18. The van der Waals surface area contributed by atoms with Crippen molar-refractivity contribution in [2.75, 3.05) is 0 Å². The second-order valence-electron chi connectivity index (χ2n) is 8.17. The molecule has 4 nitrogen and oxygen atoms in total. The third-order valence-electron chi connectivity index (χ3n) is 5.50. The summed E-state index contributed by atoms with van der Waals surface area (Å²) in [5.41, 5.74) is 1.19. The normalized spacial score (nSPS) is 13.3. The van der Waals surface area contributed by atoms with Crippen LogP contribution in [0.15, 0.2) is 30.3 Å². The van der Waals surface area contributed by atoms with Gasteiger partial charge in [-0.15, -0.1) is 0 Å². The number of rotatable bonds is 19. The molecule has 4 heteroatoms. The molecule has 0 spiro atoms. The van der Waals surface area contributed by atoms with E-state index in [1.807, 2.05) is 18.2 Å². The average molecular weight is 407 g/mol. The van der Waals surface area contributed by atoms with Crippen molar-refractivity contribution in [2.24, 2.45) is 0 Å². The van der Waals surface area contributed by atoms with E-state index in [2.05, 4.69) is 19.1 Å².